The molecule has 0 aliphatic carbocycles. The molecule has 9 heavy (non-hydrogen) atoms. The van der Waals surface area contributed by atoms with Gasteiger partial charge in [-0.1, -0.05) is 0 Å². The van der Waals surface area contributed by atoms with E-state index in [1.807, 2.05) is 0 Å². The van der Waals surface area contributed by atoms with Crippen molar-refractivity contribution in [2.75, 3.05) is 0 Å². The zero-order valence-corrected chi connectivity index (χ0v) is 6.53. The predicted octanol–water partition coefficient (Wildman–Crippen LogP) is 1.74. The molecule has 2 nitrogen and oxygen atoms in total. The van der Waals surface area contributed by atoms with Crippen molar-refractivity contribution in [3.8, 4) is 0 Å². The van der Waals surface area contributed by atoms with Gasteiger partial charge in [-0.2, -0.15) is 12.6 Å². The summed E-state index contributed by atoms with van der Waals surface area (Å²) in [6.07, 6.45) is 1.44. The molecule has 0 aromatic rings. The molecule has 0 saturated heterocycles. The minimum Gasteiger partial charge on any atom is -0.481 e. The van der Waals surface area contributed by atoms with Crippen LogP contribution in [0.5, 0.6) is 0 Å². The maximum Gasteiger partial charge on any atom is 0.303 e. The lowest BCUT2D eigenvalue weighted by atomic mass is 10.2. The van der Waals surface area contributed by atoms with Gasteiger partial charge in [0.1, 0.15) is 0 Å². The number of hydrogen-bond acceptors (Lipinski definition) is 2. The van der Waals surface area contributed by atoms with E-state index in [1.165, 1.54) is 0 Å². The maximum absolute atomic E-state index is 9.91. The average molecular weight is 169 g/mol. The van der Waals surface area contributed by atoms with Crippen LogP contribution in [0.15, 0.2) is 0 Å². The molecule has 4 heteroatoms. The minimum absolute atomic E-state index is 0.184. The van der Waals surface area contributed by atoms with E-state index in [2.05, 4.69) is 12.6 Å². The molecule has 1 atom stereocenters. The number of hydrogen-bond donors (Lipinski definition) is 2. The third-order valence-corrected chi connectivity index (χ3v) is 1.31. The van der Waals surface area contributed by atoms with E-state index in [0.29, 0.717) is 12.8 Å². The van der Waals surface area contributed by atoms with Crippen molar-refractivity contribution in [3.05, 3.63) is 0 Å². The summed E-state index contributed by atoms with van der Waals surface area (Å²) < 4.78 is -0.204. The van der Waals surface area contributed by atoms with E-state index in [4.69, 9.17) is 16.7 Å². The lowest BCUT2D eigenvalue weighted by molar-refractivity contribution is -0.137. The Hall–Kier alpha value is 0.110. The van der Waals surface area contributed by atoms with Crippen LogP contribution in [-0.4, -0.2) is 15.8 Å². The van der Waals surface area contributed by atoms with E-state index >= 15 is 0 Å². The number of rotatable bonds is 4. The molecule has 1 unspecified atom stereocenters. The standard InChI is InChI=1S/C5H9ClO2S/c6-4(9)2-1-3-5(7)8/h4,9H,1-3H2,(H,7,8). The van der Waals surface area contributed by atoms with E-state index in [1.54, 1.807) is 0 Å². The van der Waals surface area contributed by atoms with Crippen molar-refractivity contribution in [2.45, 2.75) is 24.0 Å². The number of carboxylic acids is 1. The van der Waals surface area contributed by atoms with Crippen LogP contribution < -0.4 is 0 Å². The Morgan fingerprint density at radius 1 is 1.78 bits per heavy atom. The largest absolute Gasteiger partial charge is 0.481 e. The summed E-state index contributed by atoms with van der Waals surface area (Å²) in [6, 6.07) is 0. The lowest BCUT2D eigenvalue weighted by Crippen LogP contribution is -1.95. The molecular formula is C5H9ClO2S. The zero-order valence-electron chi connectivity index (χ0n) is 4.88. The molecule has 0 aliphatic rings. The number of halogens is 1. The van der Waals surface area contributed by atoms with Crippen LogP contribution in [0.2, 0.25) is 0 Å². The third-order valence-electron chi connectivity index (χ3n) is 0.833. The second-order valence-corrected chi connectivity index (χ2v) is 3.17. The Morgan fingerprint density at radius 3 is 2.67 bits per heavy atom. The van der Waals surface area contributed by atoms with Crippen LogP contribution in [0.4, 0.5) is 0 Å². The molecule has 0 aromatic carbocycles. The van der Waals surface area contributed by atoms with Gasteiger partial charge in [-0.3, -0.25) is 4.79 Å². The van der Waals surface area contributed by atoms with Gasteiger partial charge >= 0.3 is 5.97 Å². The highest BCUT2D eigenvalue weighted by molar-refractivity contribution is 7.82. The van der Waals surface area contributed by atoms with Crippen molar-refractivity contribution < 1.29 is 9.90 Å². The summed E-state index contributed by atoms with van der Waals surface area (Å²) in [4.78, 5) is 9.91. The summed E-state index contributed by atoms with van der Waals surface area (Å²) in [5, 5.41) is 8.16. The van der Waals surface area contributed by atoms with E-state index < -0.39 is 5.97 Å². The van der Waals surface area contributed by atoms with Gasteiger partial charge in [0.25, 0.3) is 0 Å². The first kappa shape index (κ1) is 9.11. The highest BCUT2D eigenvalue weighted by Crippen LogP contribution is 2.10. The molecule has 0 spiro atoms. The van der Waals surface area contributed by atoms with Crippen LogP contribution in [0.1, 0.15) is 19.3 Å². The molecule has 0 radical (unpaired) electrons. The maximum atomic E-state index is 9.91. The van der Waals surface area contributed by atoms with Gasteiger partial charge in [-0.15, -0.1) is 11.6 Å². The zero-order chi connectivity index (χ0) is 7.28. The first-order valence-corrected chi connectivity index (χ1v) is 3.62. The number of aliphatic carboxylic acids is 1. The molecule has 0 heterocycles. The van der Waals surface area contributed by atoms with Gasteiger partial charge in [-0.25, -0.2) is 0 Å². The summed E-state index contributed by atoms with van der Waals surface area (Å²) in [6.45, 7) is 0. The van der Waals surface area contributed by atoms with Gasteiger partial charge in [0, 0.05) is 6.42 Å². The van der Waals surface area contributed by atoms with Gasteiger partial charge in [0.15, 0.2) is 0 Å². The van der Waals surface area contributed by atoms with Crippen molar-refractivity contribution in [1.82, 2.24) is 0 Å². The van der Waals surface area contributed by atoms with Gasteiger partial charge in [-0.05, 0) is 12.8 Å². The van der Waals surface area contributed by atoms with Crippen molar-refractivity contribution in [2.24, 2.45) is 0 Å². The SMILES string of the molecule is O=C(O)CCCC(S)Cl. The summed E-state index contributed by atoms with van der Waals surface area (Å²) in [7, 11) is 0. The Morgan fingerprint density at radius 2 is 2.33 bits per heavy atom. The average Bonchev–Trinajstić information content (AvgIpc) is 1.63. The Balaban J connectivity index is 3.01. The Kier molecular flexibility index (Phi) is 5.00. The second kappa shape index (κ2) is 4.94. The van der Waals surface area contributed by atoms with E-state index in [-0.39, 0.29) is 11.1 Å². The fraction of sp³-hybridized carbons (Fsp3) is 0.800. The summed E-state index contributed by atoms with van der Waals surface area (Å²) >= 11 is 9.31. The van der Waals surface area contributed by atoms with Crippen molar-refractivity contribution >= 4 is 30.2 Å². The van der Waals surface area contributed by atoms with Crippen LogP contribution in [0.25, 0.3) is 0 Å². The van der Waals surface area contributed by atoms with E-state index in [9.17, 15) is 4.79 Å². The highest BCUT2D eigenvalue weighted by atomic mass is 35.5. The second-order valence-electron chi connectivity index (χ2n) is 1.72. The topological polar surface area (TPSA) is 37.3 Å². The quantitative estimate of drug-likeness (QED) is 0.496. The minimum atomic E-state index is -0.777. The molecule has 0 rings (SSSR count). The molecule has 0 amide bonds. The summed E-state index contributed by atoms with van der Waals surface area (Å²) in [5.74, 6) is -0.777. The molecule has 0 aliphatic heterocycles. The van der Waals surface area contributed by atoms with Crippen molar-refractivity contribution in [1.29, 1.82) is 0 Å². The molecule has 1 N–H and O–H groups in total. The number of carbonyl (C=O) groups is 1. The Labute approximate surface area is 64.6 Å². The molecule has 54 valence electrons. The number of alkyl halides is 1. The molecule has 0 fully saturated rings. The molecule has 0 saturated carbocycles. The van der Waals surface area contributed by atoms with E-state index in [0.717, 1.165) is 0 Å². The lowest BCUT2D eigenvalue weighted by Gasteiger charge is -1.97. The highest BCUT2D eigenvalue weighted by Gasteiger charge is 1.99. The van der Waals surface area contributed by atoms with Crippen LogP contribution in [0.3, 0.4) is 0 Å². The van der Waals surface area contributed by atoms with Gasteiger partial charge < -0.3 is 5.11 Å². The number of carboxylic acid groups (broad SMARTS) is 1. The van der Waals surface area contributed by atoms with Crippen molar-refractivity contribution in [3.63, 3.8) is 0 Å². The molecular weight excluding hydrogens is 160 g/mol. The normalized spacial score (nSPS) is 13.1. The van der Waals surface area contributed by atoms with Gasteiger partial charge in [0.05, 0.1) is 4.71 Å². The predicted molar refractivity (Wildman–Crippen MR) is 40.1 cm³/mol. The van der Waals surface area contributed by atoms with Crippen LogP contribution in [0, 0.1) is 0 Å². The fourth-order valence-electron chi connectivity index (χ4n) is 0.422. The summed E-state index contributed by atoms with van der Waals surface area (Å²) in [5.41, 5.74) is 0. The molecule has 0 aromatic heterocycles. The third kappa shape index (κ3) is 8.11. The Bertz CT molecular complexity index is 95.0. The monoisotopic (exact) mass is 168 g/mol. The van der Waals surface area contributed by atoms with Crippen LogP contribution in [-0.2, 0) is 4.79 Å². The molecule has 0 bridgehead atoms. The van der Waals surface area contributed by atoms with Gasteiger partial charge in [0.2, 0.25) is 0 Å². The first-order chi connectivity index (χ1) is 4.13. The van der Waals surface area contributed by atoms with Crippen LogP contribution >= 0.6 is 24.2 Å². The first-order valence-electron chi connectivity index (χ1n) is 2.67. The smallest absolute Gasteiger partial charge is 0.303 e. The number of thiol groups is 1. The fourth-order valence-corrected chi connectivity index (χ4v) is 0.759.